The number of aromatic nitrogens is 4. The van der Waals surface area contributed by atoms with Crippen molar-refractivity contribution in [3.8, 4) is 45.8 Å². The minimum atomic E-state index is -0.333. The third-order valence-electron chi connectivity index (χ3n) is 6.19. The smallest absolute Gasteiger partial charge is 0.351 e. The molecule has 2 aliphatic rings. The molecule has 0 radical (unpaired) electrons. The number of nitrogens with zero attached hydrogens (tertiary/aromatic N) is 4. The number of aryl methyl sites for hydroxylation is 1. The molecule has 0 amide bonds. The molecule has 4 aromatic rings. The van der Waals surface area contributed by atoms with E-state index in [4.69, 9.17) is 18.9 Å². The summed E-state index contributed by atoms with van der Waals surface area (Å²) < 4.78 is 24.5. The van der Waals surface area contributed by atoms with Crippen LogP contribution in [0.2, 0.25) is 0 Å². The topological polar surface area (TPSA) is 97.6 Å². The Bertz CT molecular complexity index is 1470. The van der Waals surface area contributed by atoms with Crippen LogP contribution in [0.3, 0.4) is 0 Å². The van der Waals surface area contributed by atoms with E-state index in [2.05, 4.69) is 21.0 Å². The van der Waals surface area contributed by atoms with Gasteiger partial charge in [0.05, 0.1) is 12.3 Å². The first kappa shape index (κ1) is 22.1. The zero-order valence-electron chi connectivity index (χ0n) is 19.7. The molecule has 0 spiro atoms. The van der Waals surface area contributed by atoms with E-state index in [1.165, 1.54) is 0 Å². The maximum atomic E-state index is 12.8. The average Bonchev–Trinajstić information content (AvgIpc) is 2.92. The summed E-state index contributed by atoms with van der Waals surface area (Å²) in [6, 6.07) is 15.5. The summed E-state index contributed by atoms with van der Waals surface area (Å²) in [5, 5.41) is 0. The van der Waals surface area contributed by atoms with Gasteiger partial charge in [-0.2, -0.15) is 4.98 Å². The quantitative estimate of drug-likeness (QED) is 0.410. The van der Waals surface area contributed by atoms with Crippen LogP contribution in [-0.4, -0.2) is 45.4 Å². The van der Waals surface area contributed by atoms with Gasteiger partial charge in [0, 0.05) is 42.2 Å². The number of hydrogen-bond acceptors (Lipinski definition) is 8. The zero-order chi connectivity index (χ0) is 24.5. The van der Waals surface area contributed by atoms with Gasteiger partial charge in [0.1, 0.15) is 13.2 Å². The summed E-state index contributed by atoms with van der Waals surface area (Å²) >= 11 is 0. The summed E-state index contributed by atoms with van der Waals surface area (Å²) in [6.07, 6.45) is 3.87. The van der Waals surface area contributed by atoms with Gasteiger partial charge in [-0.15, -0.1) is 0 Å². The van der Waals surface area contributed by atoms with Crippen LogP contribution in [-0.2, 0) is 13.0 Å². The lowest BCUT2D eigenvalue weighted by Crippen LogP contribution is -2.35. The Labute approximate surface area is 207 Å². The molecule has 0 saturated carbocycles. The molecule has 1 aromatic carbocycles. The van der Waals surface area contributed by atoms with Crippen LogP contribution >= 0.6 is 0 Å². The molecule has 182 valence electrons. The molecule has 1 atom stereocenters. The van der Waals surface area contributed by atoms with Crippen molar-refractivity contribution in [2.45, 2.75) is 26.0 Å². The number of hydrogen-bond donors (Lipinski definition) is 0. The second-order valence-corrected chi connectivity index (χ2v) is 8.52. The van der Waals surface area contributed by atoms with Crippen molar-refractivity contribution in [3.63, 3.8) is 0 Å². The fourth-order valence-electron chi connectivity index (χ4n) is 4.46. The highest BCUT2D eigenvalue weighted by Crippen LogP contribution is 2.33. The highest BCUT2D eigenvalue weighted by atomic mass is 16.6. The van der Waals surface area contributed by atoms with Gasteiger partial charge in [-0.1, -0.05) is 18.2 Å². The molecule has 5 heterocycles. The van der Waals surface area contributed by atoms with Gasteiger partial charge in [0.15, 0.2) is 11.9 Å². The maximum Gasteiger partial charge on any atom is 0.351 e. The first-order valence-electron chi connectivity index (χ1n) is 11.9. The molecule has 0 aliphatic carbocycles. The first-order valence-corrected chi connectivity index (χ1v) is 11.9. The van der Waals surface area contributed by atoms with Crippen LogP contribution in [0.1, 0.15) is 12.5 Å². The minimum Gasteiger partial charge on any atom is -0.478 e. The molecule has 36 heavy (non-hydrogen) atoms. The Morgan fingerprint density at radius 1 is 1.06 bits per heavy atom. The molecule has 9 heteroatoms. The van der Waals surface area contributed by atoms with E-state index < -0.39 is 0 Å². The SMILES string of the molecule is CCOc1ccc(-c2ccc3c(c2)CCn2c-3cc(OCC3COc4ncccc4O3)nc2=O)cn1. The lowest BCUT2D eigenvalue weighted by atomic mass is 9.94. The van der Waals surface area contributed by atoms with Crippen LogP contribution in [0, 0.1) is 0 Å². The van der Waals surface area contributed by atoms with E-state index in [1.807, 2.05) is 43.5 Å². The van der Waals surface area contributed by atoms with Crippen molar-refractivity contribution in [2.75, 3.05) is 19.8 Å². The van der Waals surface area contributed by atoms with Gasteiger partial charge in [-0.3, -0.25) is 4.57 Å². The third kappa shape index (κ3) is 4.24. The number of fused-ring (bicyclic) bond motifs is 4. The van der Waals surface area contributed by atoms with E-state index in [0.717, 1.165) is 34.4 Å². The highest BCUT2D eigenvalue weighted by Gasteiger charge is 2.24. The Morgan fingerprint density at radius 3 is 2.83 bits per heavy atom. The minimum absolute atomic E-state index is 0.195. The molecule has 0 bridgehead atoms. The molecule has 0 N–H and O–H groups in total. The van der Waals surface area contributed by atoms with Crippen LogP contribution in [0.4, 0.5) is 0 Å². The van der Waals surface area contributed by atoms with E-state index in [9.17, 15) is 4.79 Å². The molecule has 0 saturated heterocycles. The van der Waals surface area contributed by atoms with Gasteiger partial charge < -0.3 is 18.9 Å². The largest absolute Gasteiger partial charge is 0.478 e. The van der Waals surface area contributed by atoms with Crippen molar-refractivity contribution in [3.05, 3.63) is 77.0 Å². The summed E-state index contributed by atoms with van der Waals surface area (Å²) in [5.74, 6) is 1.91. The van der Waals surface area contributed by atoms with E-state index in [-0.39, 0.29) is 24.3 Å². The lowest BCUT2D eigenvalue weighted by Gasteiger charge is -2.26. The molecule has 2 aliphatic heterocycles. The standard InChI is InChI=1S/C27H24N4O5/c1-2-33-24-8-6-19(14-29-24)17-5-7-21-18(12-17)9-11-31-22(21)13-25(30-27(31)32)34-15-20-16-35-26-23(36-20)4-3-10-28-26/h3-8,10,12-14,20H,2,9,11,15-16H2,1H3. The molecular weight excluding hydrogens is 460 g/mol. The predicted octanol–water partition coefficient (Wildman–Crippen LogP) is 3.54. The van der Waals surface area contributed by atoms with Gasteiger partial charge in [-0.25, -0.2) is 14.8 Å². The number of pyridine rings is 2. The third-order valence-corrected chi connectivity index (χ3v) is 6.19. The maximum absolute atomic E-state index is 12.8. The molecule has 6 rings (SSSR count). The van der Waals surface area contributed by atoms with Crippen LogP contribution < -0.4 is 24.6 Å². The second kappa shape index (κ2) is 9.33. The number of rotatable bonds is 6. The Balaban J connectivity index is 1.22. The van der Waals surface area contributed by atoms with Crippen molar-refractivity contribution >= 4 is 0 Å². The van der Waals surface area contributed by atoms with Crippen molar-refractivity contribution in [1.82, 2.24) is 19.5 Å². The van der Waals surface area contributed by atoms with Gasteiger partial charge in [-0.05, 0) is 42.7 Å². The first-order chi connectivity index (χ1) is 17.7. The Morgan fingerprint density at radius 2 is 1.97 bits per heavy atom. The summed E-state index contributed by atoms with van der Waals surface area (Å²) in [4.78, 5) is 25.4. The van der Waals surface area contributed by atoms with E-state index >= 15 is 0 Å². The monoisotopic (exact) mass is 484 g/mol. The highest BCUT2D eigenvalue weighted by molar-refractivity contribution is 5.73. The fraction of sp³-hybridized carbons (Fsp3) is 0.259. The van der Waals surface area contributed by atoms with E-state index in [0.29, 0.717) is 37.3 Å². The van der Waals surface area contributed by atoms with Crippen molar-refractivity contribution < 1.29 is 18.9 Å². The predicted molar refractivity (Wildman–Crippen MR) is 132 cm³/mol. The van der Waals surface area contributed by atoms with Gasteiger partial charge in [0.25, 0.3) is 5.88 Å². The summed E-state index contributed by atoms with van der Waals surface area (Å²) in [6.45, 7) is 3.57. The normalized spacial score (nSPS) is 15.5. The summed E-state index contributed by atoms with van der Waals surface area (Å²) in [5.41, 5.74) is 4.68. The molecule has 3 aromatic heterocycles. The summed E-state index contributed by atoms with van der Waals surface area (Å²) in [7, 11) is 0. The van der Waals surface area contributed by atoms with E-state index in [1.54, 1.807) is 22.9 Å². The zero-order valence-corrected chi connectivity index (χ0v) is 19.7. The fourth-order valence-corrected chi connectivity index (χ4v) is 4.46. The van der Waals surface area contributed by atoms with Crippen molar-refractivity contribution in [1.29, 1.82) is 0 Å². The molecular formula is C27H24N4O5. The molecule has 0 fully saturated rings. The Kier molecular flexibility index (Phi) is 5.73. The molecule has 1 unspecified atom stereocenters. The van der Waals surface area contributed by atoms with Crippen LogP contribution in [0.25, 0.3) is 22.4 Å². The van der Waals surface area contributed by atoms with Gasteiger partial charge >= 0.3 is 5.69 Å². The number of benzene rings is 1. The number of ether oxygens (including phenoxy) is 4. The van der Waals surface area contributed by atoms with Crippen LogP contribution in [0.15, 0.2) is 65.7 Å². The molecule has 9 nitrogen and oxygen atoms in total. The average molecular weight is 485 g/mol. The lowest BCUT2D eigenvalue weighted by molar-refractivity contribution is 0.0486. The Hall–Kier alpha value is -4.40. The van der Waals surface area contributed by atoms with Crippen LogP contribution in [0.5, 0.6) is 23.4 Å². The van der Waals surface area contributed by atoms with Gasteiger partial charge in [0.2, 0.25) is 11.8 Å². The van der Waals surface area contributed by atoms with Crippen molar-refractivity contribution in [2.24, 2.45) is 0 Å². The second-order valence-electron chi connectivity index (χ2n) is 8.52.